The molecule has 0 atom stereocenters. The van der Waals surface area contributed by atoms with E-state index in [4.69, 9.17) is 25.8 Å². The number of aromatic nitrogens is 2. The first-order chi connectivity index (χ1) is 10.2. The summed E-state index contributed by atoms with van der Waals surface area (Å²) in [7, 11) is 0. The van der Waals surface area contributed by atoms with Gasteiger partial charge in [-0.05, 0) is 38.1 Å². The average Bonchev–Trinajstić information content (AvgIpc) is 2.47. The van der Waals surface area contributed by atoms with E-state index in [1.807, 2.05) is 38.1 Å². The van der Waals surface area contributed by atoms with Gasteiger partial charge >= 0.3 is 0 Å². The number of halogens is 1. The quantitative estimate of drug-likeness (QED) is 0.727. The van der Waals surface area contributed by atoms with Gasteiger partial charge in [-0.2, -0.15) is 4.98 Å². The summed E-state index contributed by atoms with van der Waals surface area (Å²) in [5, 5.41) is 0.320. The fraction of sp³-hybridized carbons (Fsp3) is 0.333. The highest BCUT2D eigenvalue weighted by Crippen LogP contribution is 2.24. The van der Waals surface area contributed by atoms with E-state index in [-0.39, 0.29) is 0 Å². The molecule has 1 aromatic carbocycles. The largest absolute Gasteiger partial charge is 0.494 e. The number of nitrogens with zero attached hydrogens (tertiary/aromatic N) is 2. The SMILES string of the molecule is CCOCc1nc(Cl)cc(Oc2ccc(OCC)cc2)n1. The lowest BCUT2D eigenvalue weighted by Crippen LogP contribution is -2.01. The van der Waals surface area contributed by atoms with Crippen molar-refractivity contribution in [1.82, 2.24) is 9.97 Å². The molecule has 0 radical (unpaired) electrons. The summed E-state index contributed by atoms with van der Waals surface area (Å²) in [6, 6.07) is 8.85. The van der Waals surface area contributed by atoms with Gasteiger partial charge in [-0.1, -0.05) is 11.6 Å². The van der Waals surface area contributed by atoms with Gasteiger partial charge in [0.05, 0.1) is 6.61 Å². The fourth-order valence-electron chi connectivity index (χ4n) is 1.64. The minimum Gasteiger partial charge on any atom is -0.494 e. The van der Waals surface area contributed by atoms with Crippen LogP contribution < -0.4 is 9.47 Å². The fourth-order valence-corrected chi connectivity index (χ4v) is 1.83. The van der Waals surface area contributed by atoms with Crippen molar-refractivity contribution in [2.75, 3.05) is 13.2 Å². The summed E-state index contributed by atoms with van der Waals surface area (Å²) < 4.78 is 16.3. The number of rotatable bonds is 7. The topological polar surface area (TPSA) is 53.5 Å². The maximum atomic E-state index is 5.95. The number of benzene rings is 1. The Morgan fingerprint density at radius 3 is 2.38 bits per heavy atom. The minimum absolute atomic E-state index is 0.302. The van der Waals surface area contributed by atoms with Crippen LogP contribution in [0.25, 0.3) is 0 Å². The minimum atomic E-state index is 0.302. The molecule has 0 fully saturated rings. The summed E-state index contributed by atoms with van der Waals surface area (Å²) in [6.07, 6.45) is 0. The highest BCUT2D eigenvalue weighted by atomic mass is 35.5. The van der Waals surface area contributed by atoms with Crippen LogP contribution in [0.3, 0.4) is 0 Å². The first kappa shape index (κ1) is 15.5. The monoisotopic (exact) mass is 308 g/mol. The van der Waals surface area contributed by atoms with Crippen molar-refractivity contribution < 1.29 is 14.2 Å². The van der Waals surface area contributed by atoms with Gasteiger partial charge in [0, 0.05) is 12.7 Å². The number of hydrogen-bond donors (Lipinski definition) is 0. The molecule has 0 spiro atoms. The molecule has 2 aromatic rings. The first-order valence-electron chi connectivity index (χ1n) is 6.73. The molecule has 5 nitrogen and oxygen atoms in total. The van der Waals surface area contributed by atoms with Crippen LogP contribution in [-0.4, -0.2) is 23.2 Å². The van der Waals surface area contributed by atoms with Crippen LogP contribution in [0.4, 0.5) is 0 Å². The van der Waals surface area contributed by atoms with Crippen molar-refractivity contribution in [3.8, 4) is 17.4 Å². The second-order valence-electron chi connectivity index (χ2n) is 4.09. The van der Waals surface area contributed by atoms with Gasteiger partial charge in [-0.15, -0.1) is 0 Å². The van der Waals surface area contributed by atoms with E-state index in [9.17, 15) is 0 Å². The number of ether oxygens (including phenoxy) is 3. The predicted octanol–water partition coefficient (Wildman–Crippen LogP) is 3.86. The van der Waals surface area contributed by atoms with Crippen LogP contribution in [-0.2, 0) is 11.3 Å². The van der Waals surface area contributed by atoms with E-state index in [2.05, 4.69) is 9.97 Å². The Hall–Kier alpha value is -1.85. The summed E-state index contributed by atoms with van der Waals surface area (Å²) in [6.45, 7) is 5.36. The molecular weight excluding hydrogens is 292 g/mol. The summed E-state index contributed by atoms with van der Waals surface area (Å²) >= 11 is 5.95. The lowest BCUT2D eigenvalue weighted by Gasteiger charge is -2.08. The van der Waals surface area contributed by atoms with Crippen LogP contribution in [0.15, 0.2) is 30.3 Å². The molecule has 0 amide bonds. The second-order valence-corrected chi connectivity index (χ2v) is 4.48. The zero-order chi connectivity index (χ0) is 15.1. The van der Waals surface area contributed by atoms with E-state index in [1.165, 1.54) is 0 Å². The Labute approximate surface area is 128 Å². The molecule has 2 rings (SSSR count). The maximum Gasteiger partial charge on any atom is 0.224 e. The van der Waals surface area contributed by atoms with Crippen LogP contribution in [0.2, 0.25) is 5.15 Å². The van der Waals surface area contributed by atoms with Gasteiger partial charge < -0.3 is 14.2 Å². The molecule has 0 bridgehead atoms. The Morgan fingerprint density at radius 1 is 1.00 bits per heavy atom. The normalized spacial score (nSPS) is 10.4. The molecule has 0 aliphatic rings. The highest BCUT2D eigenvalue weighted by molar-refractivity contribution is 6.29. The Bertz CT molecular complexity index is 576. The zero-order valence-corrected chi connectivity index (χ0v) is 12.8. The molecule has 112 valence electrons. The lowest BCUT2D eigenvalue weighted by molar-refractivity contribution is 0.128. The summed E-state index contributed by atoms with van der Waals surface area (Å²) in [5.41, 5.74) is 0. The maximum absolute atomic E-state index is 5.95. The standard InChI is InChI=1S/C15H17ClN2O3/c1-3-19-10-14-17-13(16)9-15(18-14)21-12-7-5-11(6-8-12)20-4-2/h5-9H,3-4,10H2,1-2H3. The third-order valence-corrected chi connectivity index (χ3v) is 2.70. The lowest BCUT2D eigenvalue weighted by atomic mass is 10.3. The molecule has 1 heterocycles. The summed E-state index contributed by atoms with van der Waals surface area (Å²) in [5.74, 6) is 2.32. The Morgan fingerprint density at radius 2 is 1.71 bits per heavy atom. The van der Waals surface area contributed by atoms with Gasteiger partial charge in [0.2, 0.25) is 5.88 Å². The molecule has 6 heteroatoms. The first-order valence-corrected chi connectivity index (χ1v) is 7.11. The van der Waals surface area contributed by atoms with Crippen molar-refractivity contribution in [2.24, 2.45) is 0 Å². The number of hydrogen-bond acceptors (Lipinski definition) is 5. The van der Waals surface area contributed by atoms with Gasteiger partial charge in [0.1, 0.15) is 23.3 Å². The molecule has 0 saturated heterocycles. The van der Waals surface area contributed by atoms with Crippen LogP contribution in [0.5, 0.6) is 17.4 Å². The van der Waals surface area contributed by atoms with Gasteiger partial charge in [0.25, 0.3) is 0 Å². The van der Waals surface area contributed by atoms with Crippen molar-refractivity contribution >= 4 is 11.6 Å². The van der Waals surface area contributed by atoms with Gasteiger partial charge in [-0.3, -0.25) is 0 Å². The smallest absolute Gasteiger partial charge is 0.224 e. The van der Waals surface area contributed by atoms with Crippen molar-refractivity contribution in [1.29, 1.82) is 0 Å². The van der Waals surface area contributed by atoms with Crippen molar-refractivity contribution in [3.05, 3.63) is 41.3 Å². The summed E-state index contributed by atoms with van der Waals surface area (Å²) in [4.78, 5) is 8.33. The second kappa shape index (κ2) is 7.81. The molecule has 0 N–H and O–H groups in total. The van der Waals surface area contributed by atoms with E-state index in [1.54, 1.807) is 6.07 Å². The molecule has 21 heavy (non-hydrogen) atoms. The zero-order valence-electron chi connectivity index (χ0n) is 12.0. The van der Waals surface area contributed by atoms with Crippen molar-refractivity contribution in [2.45, 2.75) is 20.5 Å². The molecule has 0 unspecified atom stereocenters. The average molecular weight is 309 g/mol. The van der Waals surface area contributed by atoms with Crippen LogP contribution in [0.1, 0.15) is 19.7 Å². The highest BCUT2D eigenvalue weighted by Gasteiger charge is 2.06. The molecule has 1 aromatic heterocycles. The predicted molar refractivity (Wildman–Crippen MR) is 80.1 cm³/mol. The Balaban J connectivity index is 2.09. The van der Waals surface area contributed by atoms with E-state index in [0.29, 0.717) is 42.4 Å². The molecule has 0 saturated carbocycles. The van der Waals surface area contributed by atoms with E-state index < -0.39 is 0 Å². The van der Waals surface area contributed by atoms with Gasteiger partial charge in [-0.25, -0.2) is 4.98 Å². The molecule has 0 aliphatic carbocycles. The van der Waals surface area contributed by atoms with Crippen molar-refractivity contribution in [3.63, 3.8) is 0 Å². The third-order valence-electron chi connectivity index (χ3n) is 2.51. The van der Waals surface area contributed by atoms with E-state index in [0.717, 1.165) is 5.75 Å². The molecule has 0 aliphatic heterocycles. The van der Waals surface area contributed by atoms with Crippen LogP contribution in [0, 0.1) is 0 Å². The third kappa shape index (κ3) is 4.88. The van der Waals surface area contributed by atoms with E-state index >= 15 is 0 Å². The molecular formula is C15H17ClN2O3. The Kier molecular flexibility index (Phi) is 5.78. The van der Waals surface area contributed by atoms with Crippen LogP contribution >= 0.6 is 11.6 Å². The van der Waals surface area contributed by atoms with Gasteiger partial charge in [0.15, 0.2) is 5.82 Å².